The van der Waals surface area contributed by atoms with Crippen LogP contribution in [0.4, 0.5) is 0 Å². The van der Waals surface area contributed by atoms with Crippen LogP contribution in [0.3, 0.4) is 0 Å². The van der Waals surface area contributed by atoms with E-state index in [2.05, 4.69) is 43.2 Å². The van der Waals surface area contributed by atoms with Crippen molar-refractivity contribution >= 4 is 11.3 Å². The molecule has 0 amide bonds. The molecule has 0 aliphatic carbocycles. The fourth-order valence-corrected chi connectivity index (χ4v) is 1.96. The van der Waals surface area contributed by atoms with Gasteiger partial charge in [-0.3, -0.25) is 0 Å². The van der Waals surface area contributed by atoms with Gasteiger partial charge in [-0.2, -0.15) is 0 Å². The van der Waals surface area contributed by atoms with Gasteiger partial charge in [0.15, 0.2) is 0 Å². The Morgan fingerprint density at radius 3 is 2.64 bits per heavy atom. The smallest absolute Gasteiger partial charge is 0.118 e. The van der Waals surface area contributed by atoms with Crippen LogP contribution in [0.2, 0.25) is 0 Å². The lowest BCUT2D eigenvalue weighted by molar-refractivity contribution is 0.269. The van der Waals surface area contributed by atoms with E-state index in [1.165, 1.54) is 0 Å². The molecule has 1 heterocycles. The maximum absolute atomic E-state index is 4.08. The fraction of sp³-hybridized carbons (Fsp3) is 0.800. The molecule has 1 unspecified atom stereocenters. The highest BCUT2D eigenvalue weighted by Crippen LogP contribution is 2.22. The second-order valence-electron chi connectivity index (χ2n) is 4.51. The maximum atomic E-state index is 4.08. The van der Waals surface area contributed by atoms with Crippen molar-refractivity contribution in [2.75, 3.05) is 6.54 Å². The summed E-state index contributed by atoms with van der Waals surface area (Å²) in [6.45, 7) is 9.89. The van der Waals surface area contributed by atoms with Crippen LogP contribution in [-0.2, 0) is 6.42 Å². The van der Waals surface area contributed by atoms with Gasteiger partial charge in [0.05, 0.1) is 0 Å². The highest BCUT2D eigenvalue weighted by Gasteiger charge is 2.24. The minimum absolute atomic E-state index is 0.266. The molecular weight excluding hydrogens is 194 g/mol. The highest BCUT2D eigenvalue weighted by atomic mass is 32.1. The lowest BCUT2D eigenvalue weighted by Gasteiger charge is -2.30. The molecule has 1 N–H and O–H groups in total. The van der Waals surface area contributed by atoms with Crippen molar-refractivity contribution in [3.63, 3.8) is 0 Å². The van der Waals surface area contributed by atoms with Gasteiger partial charge in [0.25, 0.3) is 0 Å². The predicted molar refractivity (Wildman–Crippen MR) is 60.5 cm³/mol. The van der Waals surface area contributed by atoms with Crippen LogP contribution in [0.5, 0.6) is 0 Å². The van der Waals surface area contributed by atoms with E-state index in [1.54, 1.807) is 16.8 Å². The summed E-state index contributed by atoms with van der Waals surface area (Å²) in [5, 5.41) is 12.6. The summed E-state index contributed by atoms with van der Waals surface area (Å²) in [7, 11) is 0. The zero-order valence-corrected chi connectivity index (χ0v) is 10.2. The van der Waals surface area contributed by atoms with Crippen molar-refractivity contribution in [3.05, 3.63) is 10.5 Å². The van der Waals surface area contributed by atoms with E-state index in [-0.39, 0.29) is 5.41 Å². The molecule has 0 aliphatic rings. The van der Waals surface area contributed by atoms with Crippen molar-refractivity contribution in [3.8, 4) is 0 Å². The average Bonchev–Trinajstić information content (AvgIpc) is 2.54. The number of likely N-dealkylation sites (N-methyl/N-ethyl adjacent to an activating group) is 1. The Kier molecular flexibility index (Phi) is 4.01. The van der Waals surface area contributed by atoms with Crippen molar-refractivity contribution in [2.45, 2.75) is 40.2 Å². The molecule has 0 saturated heterocycles. The Labute approximate surface area is 89.9 Å². The largest absolute Gasteiger partial charge is 0.313 e. The summed E-state index contributed by atoms with van der Waals surface area (Å²) in [4.78, 5) is 0. The molecule has 1 atom stereocenters. The van der Waals surface area contributed by atoms with Gasteiger partial charge < -0.3 is 5.32 Å². The molecule has 80 valence electrons. The number of aromatic nitrogens is 2. The number of nitrogens with one attached hydrogen (secondary N) is 1. The molecule has 1 rings (SSSR count). The van der Waals surface area contributed by atoms with E-state index >= 15 is 0 Å². The number of nitrogens with zero attached hydrogens (tertiary/aromatic N) is 2. The Bertz CT molecular complexity index is 251. The van der Waals surface area contributed by atoms with Gasteiger partial charge in [-0.05, 0) is 12.0 Å². The summed E-state index contributed by atoms with van der Waals surface area (Å²) < 4.78 is 0. The maximum Gasteiger partial charge on any atom is 0.118 e. The van der Waals surface area contributed by atoms with Crippen LogP contribution in [0.25, 0.3) is 0 Å². The molecule has 1 aromatic heterocycles. The van der Waals surface area contributed by atoms with Gasteiger partial charge in [-0.1, -0.05) is 27.7 Å². The van der Waals surface area contributed by atoms with E-state index in [9.17, 15) is 0 Å². The van der Waals surface area contributed by atoms with Crippen LogP contribution in [0, 0.1) is 5.41 Å². The number of hydrogen-bond acceptors (Lipinski definition) is 4. The summed E-state index contributed by atoms with van der Waals surface area (Å²) in [5.41, 5.74) is 2.06. The van der Waals surface area contributed by atoms with Gasteiger partial charge >= 0.3 is 0 Å². The molecule has 0 saturated carbocycles. The van der Waals surface area contributed by atoms with E-state index in [0.717, 1.165) is 18.0 Å². The van der Waals surface area contributed by atoms with Crippen molar-refractivity contribution in [1.29, 1.82) is 0 Å². The van der Waals surface area contributed by atoms with E-state index < -0.39 is 0 Å². The molecule has 14 heavy (non-hydrogen) atoms. The molecule has 0 aromatic carbocycles. The number of rotatable bonds is 4. The van der Waals surface area contributed by atoms with Crippen molar-refractivity contribution < 1.29 is 0 Å². The minimum Gasteiger partial charge on any atom is -0.313 e. The molecule has 0 radical (unpaired) electrons. The first-order chi connectivity index (χ1) is 6.54. The van der Waals surface area contributed by atoms with Crippen LogP contribution in [0.15, 0.2) is 5.51 Å². The third kappa shape index (κ3) is 3.35. The SMILES string of the molecule is CCNC(Cc1nncs1)C(C)(C)C. The molecule has 0 aliphatic heterocycles. The standard InChI is InChI=1S/C10H19N3S/c1-5-11-8(10(2,3)4)6-9-13-12-7-14-9/h7-8,11H,5-6H2,1-4H3. The Hall–Kier alpha value is -0.480. The topological polar surface area (TPSA) is 37.8 Å². The average molecular weight is 213 g/mol. The van der Waals surface area contributed by atoms with Crippen molar-refractivity contribution in [2.24, 2.45) is 5.41 Å². The third-order valence-corrected chi connectivity index (χ3v) is 3.00. The first-order valence-electron chi connectivity index (χ1n) is 5.02. The predicted octanol–water partition coefficient (Wildman–Crippen LogP) is 2.10. The van der Waals surface area contributed by atoms with Crippen LogP contribution in [0.1, 0.15) is 32.7 Å². The Balaban J connectivity index is 2.60. The monoisotopic (exact) mass is 213 g/mol. The highest BCUT2D eigenvalue weighted by molar-refractivity contribution is 7.09. The molecule has 0 spiro atoms. The van der Waals surface area contributed by atoms with Gasteiger partial charge in [-0.15, -0.1) is 21.5 Å². The van der Waals surface area contributed by atoms with Gasteiger partial charge in [-0.25, -0.2) is 0 Å². The lowest BCUT2D eigenvalue weighted by atomic mass is 9.85. The quantitative estimate of drug-likeness (QED) is 0.832. The first-order valence-corrected chi connectivity index (χ1v) is 5.90. The van der Waals surface area contributed by atoms with Crippen molar-refractivity contribution in [1.82, 2.24) is 15.5 Å². The van der Waals surface area contributed by atoms with E-state index in [4.69, 9.17) is 0 Å². The van der Waals surface area contributed by atoms with E-state index in [0.29, 0.717) is 6.04 Å². The summed E-state index contributed by atoms with van der Waals surface area (Å²) >= 11 is 1.63. The molecule has 1 aromatic rings. The minimum atomic E-state index is 0.266. The Morgan fingerprint density at radius 2 is 2.21 bits per heavy atom. The zero-order chi connectivity index (χ0) is 10.6. The van der Waals surface area contributed by atoms with Gasteiger partial charge in [0, 0.05) is 12.5 Å². The summed E-state index contributed by atoms with van der Waals surface area (Å²) in [6.07, 6.45) is 0.974. The second-order valence-corrected chi connectivity index (χ2v) is 5.43. The molecule has 0 fully saturated rings. The first kappa shape index (κ1) is 11.6. The zero-order valence-electron chi connectivity index (χ0n) is 9.37. The van der Waals surface area contributed by atoms with Crippen LogP contribution in [-0.4, -0.2) is 22.8 Å². The third-order valence-electron chi connectivity index (χ3n) is 2.28. The summed E-state index contributed by atoms with van der Waals surface area (Å²) in [6, 6.07) is 0.473. The molecule has 3 nitrogen and oxygen atoms in total. The molecule has 0 bridgehead atoms. The van der Waals surface area contributed by atoms with Crippen LogP contribution < -0.4 is 5.32 Å². The lowest BCUT2D eigenvalue weighted by Crippen LogP contribution is -2.41. The normalized spacial score (nSPS) is 14.3. The van der Waals surface area contributed by atoms with Gasteiger partial charge in [0.1, 0.15) is 10.5 Å². The number of hydrogen-bond donors (Lipinski definition) is 1. The van der Waals surface area contributed by atoms with Crippen LogP contribution >= 0.6 is 11.3 Å². The molecular formula is C10H19N3S. The van der Waals surface area contributed by atoms with E-state index in [1.807, 2.05) is 0 Å². The molecule has 4 heteroatoms. The fourth-order valence-electron chi connectivity index (χ4n) is 1.39. The Morgan fingerprint density at radius 1 is 1.50 bits per heavy atom. The second kappa shape index (κ2) is 4.84. The van der Waals surface area contributed by atoms with Gasteiger partial charge in [0.2, 0.25) is 0 Å². The summed E-state index contributed by atoms with van der Waals surface area (Å²) in [5.74, 6) is 0.